The van der Waals surface area contributed by atoms with Crippen molar-refractivity contribution in [3.63, 3.8) is 0 Å². The summed E-state index contributed by atoms with van der Waals surface area (Å²) in [6.07, 6.45) is 5.44. The fraction of sp³-hybridized carbons (Fsp3) is 0.133. The molecule has 0 amide bonds. The normalized spacial score (nSPS) is 11.3. The zero-order chi connectivity index (χ0) is 13.0. The molecule has 1 N–H and O–H groups in total. The first-order valence-electron chi connectivity index (χ1n) is 5.73. The summed E-state index contributed by atoms with van der Waals surface area (Å²) in [7, 11) is 1.66. The van der Waals surface area contributed by atoms with E-state index in [-0.39, 0.29) is 0 Å². The molecule has 1 heterocycles. The number of hydrogen-bond acceptors (Lipinski definition) is 3. The Balaban J connectivity index is 2.53. The summed E-state index contributed by atoms with van der Waals surface area (Å²) < 4.78 is 5.30. The molecule has 2 rings (SSSR count). The van der Waals surface area contributed by atoms with Gasteiger partial charge in [-0.2, -0.15) is 0 Å². The molecule has 1 aromatic carbocycles. The van der Waals surface area contributed by atoms with E-state index >= 15 is 0 Å². The van der Waals surface area contributed by atoms with E-state index in [0.717, 1.165) is 28.0 Å². The number of aromatic nitrogens is 1. The van der Waals surface area contributed by atoms with Gasteiger partial charge in [0.2, 0.25) is 0 Å². The molecule has 0 radical (unpaired) electrons. The van der Waals surface area contributed by atoms with Crippen LogP contribution in [0.3, 0.4) is 0 Å². The highest BCUT2D eigenvalue weighted by atomic mass is 16.5. The van der Waals surface area contributed by atoms with Gasteiger partial charge in [-0.05, 0) is 25.1 Å². The molecular weight excluding hydrogens is 224 g/mol. The predicted octanol–water partition coefficient (Wildman–Crippen LogP) is 3.75. The minimum Gasteiger partial charge on any atom is -0.497 e. The van der Waals surface area contributed by atoms with Gasteiger partial charge in [-0.1, -0.05) is 18.7 Å². The Kier molecular flexibility index (Phi) is 3.63. The van der Waals surface area contributed by atoms with E-state index in [1.165, 1.54) is 0 Å². The third-order valence-electron chi connectivity index (χ3n) is 2.61. The van der Waals surface area contributed by atoms with Crippen molar-refractivity contribution in [2.45, 2.75) is 6.92 Å². The second kappa shape index (κ2) is 5.36. The van der Waals surface area contributed by atoms with Crippen molar-refractivity contribution in [2.75, 3.05) is 12.4 Å². The lowest BCUT2D eigenvalue weighted by atomic mass is 10.1. The number of nitrogens with one attached hydrogen (secondary N) is 1. The predicted molar refractivity (Wildman–Crippen MR) is 75.9 cm³/mol. The van der Waals surface area contributed by atoms with Gasteiger partial charge < -0.3 is 10.1 Å². The lowest BCUT2D eigenvalue weighted by molar-refractivity contribution is 0.415. The first kappa shape index (κ1) is 12.2. The van der Waals surface area contributed by atoms with Gasteiger partial charge in [0.05, 0.1) is 18.3 Å². The van der Waals surface area contributed by atoms with E-state index in [2.05, 4.69) is 16.9 Å². The molecule has 0 spiro atoms. The van der Waals surface area contributed by atoms with Gasteiger partial charge in [-0.15, -0.1) is 0 Å². The maximum Gasteiger partial charge on any atom is 0.121 e. The van der Waals surface area contributed by atoms with Crippen LogP contribution in [0.25, 0.3) is 10.9 Å². The molecule has 92 valence electrons. The molecule has 1 aromatic heterocycles. The van der Waals surface area contributed by atoms with Crippen LogP contribution in [0.15, 0.2) is 54.9 Å². The van der Waals surface area contributed by atoms with Crippen molar-refractivity contribution < 1.29 is 4.74 Å². The van der Waals surface area contributed by atoms with Gasteiger partial charge in [-0.3, -0.25) is 4.98 Å². The molecule has 3 nitrogen and oxygen atoms in total. The number of fused-ring (bicyclic) bond motifs is 1. The number of benzene rings is 1. The summed E-state index contributed by atoms with van der Waals surface area (Å²) in [4.78, 5) is 4.40. The van der Waals surface area contributed by atoms with Crippen molar-refractivity contribution in [2.24, 2.45) is 0 Å². The van der Waals surface area contributed by atoms with Crippen LogP contribution in [-0.4, -0.2) is 12.1 Å². The third-order valence-corrected chi connectivity index (χ3v) is 2.61. The van der Waals surface area contributed by atoms with Crippen LogP contribution in [0.5, 0.6) is 5.75 Å². The number of allylic oxidation sites excluding steroid dienone is 3. The van der Waals surface area contributed by atoms with E-state index in [0.29, 0.717) is 0 Å². The third kappa shape index (κ3) is 2.51. The van der Waals surface area contributed by atoms with Crippen molar-refractivity contribution in [3.8, 4) is 5.75 Å². The summed E-state index contributed by atoms with van der Waals surface area (Å²) in [6, 6.07) is 7.84. The zero-order valence-corrected chi connectivity index (χ0v) is 10.6. The Bertz CT molecular complexity index is 602. The first-order valence-corrected chi connectivity index (χ1v) is 5.73. The van der Waals surface area contributed by atoms with Gasteiger partial charge >= 0.3 is 0 Å². The number of nitrogens with zero attached hydrogens (tertiary/aromatic N) is 1. The maximum absolute atomic E-state index is 5.30. The van der Waals surface area contributed by atoms with Gasteiger partial charge in [0.25, 0.3) is 0 Å². The minimum atomic E-state index is 0.810. The summed E-state index contributed by atoms with van der Waals surface area (Å²) in [6.45, 7) is 5.66. The smallest absolute Gasteiger partial charge is 0.121 e. The van der Waals surface area contributed by atoms with Gasteiger partial charge in [0, 0.05) is 23.3 Å². The molecule has 0 saturated heterocycles. The number of methoxy groups -OCH3 is 1. The monoisotopic (exact) mass is 240 g/mol. The lowest BCUT2D eigenvalue weighted by Gasteiger charge is -2.11. The number of rotatable bonds is 4. The minimum absolute atomic E-state index is 0.810. The molecule has 0 unspecified atom stereocenters. The number of anilines is 1. The topological polar surface area (TPSA) is 34.1 Å². The second-order valence-corrected chi connectivity index (χ2v) is 3.96. The molecule has 0 aliphatic carbocycles. The lowest BCUT2D eigenvalue weighted by Crippen LogP contribution is -1.98. The second-order valence-electron chi connectivity index (χ2n) is 3.96. The highest BCUT2D eigenvalue weighted by molar-refractivity contribution is 5.92. The van der Waals surface area contributed by atoms with E-state index < -0.39 is 0 Å². The van der Waals surface area contributed by atoms with E-state index in [1.807, 2.05) is 37.3 Å². The van der Waals surface area contributed by atoms with Crippen molar-refractivity contribution in [3.05, 3.63) is 54.9 Å². The van der Waals surface area contributed by atoms with Crippen LogP contribution in [-0.2, 0) is 0 Å². The molecule has 2 aromatic rings. The fourth-order valence-electron chi connectivity index (χ4n) is 1.81. The summed E-state index contributed by atoms with van der Waals surface area (Å²) in [5.41, 5.74) is 2.86. The van der Waals surface area contributed by atoms with Crippen LogP contribution in [0.2, 0.25) is 0 Å². The van der Waals surface area contributed by atoms with Gasteiger partial charge in [-0.25, -0.2) is 0 Å². The van der Waals surface area contributed by atoms with E-state index in [9.17, 15) is 0 Å². The van der Waals surface area contributed by atoms with Crippen LogP contribution < -0.4 is 10.1 Å². The largest absolute Gasteiger partial charge is 0.497 e. The Morgan fingerprint density at radius 3 is 3.00 bits per heavy atom. The van der Waals surface area contributed by atoms with E-state index in [4.69, 9.17) is 4.74 Å². The Morgan fingerprint density at radius 1 is 1.44 bits per heavy atom. The van der Waals surface area contributed by atoms with Crippen molar-refractivity contribution >= 4 is 16.6 Å². The fourth-order valence-corrected chi connectivity index (χ4v) is 1.81. The van der Waals surface area contributed by atoms with Crippen LogP contribution in [0, 0.1) is 0 Å². The average Bonchev–Trinajstić information content (AvgIpc) is 2.38. The van der Waals surface area contributed by atoms with Gasteiger partial charge in [0.15, 0.2) is 0 Å². The van der Waals surface area contributed by atoms with E-state index in [1.54, 1.807) is 19.4 Å². The van der Waals surface area contributed by atoms with Crippen molar-refractivity contribution in [1.29, 1.82) is 0 Å². The van der Waals surface area contributed by atoms with Crippen molar-refractivity contribution in [1.82, 2.24) is 4.98 Å². The number of hydrogen-bond donors (Lipinski definition) is 1. The molecule has 0 fully saturated rings. The SMILES string of the molecule is C=C/C=C(\C)Nc1cc(OC)cc2cccnc12. The number of ether oxygens (including phenoxy) is 1. The van der Waals surface area contributed by atoms with Crippen LogP contribution in [0.4, 0.5) is 5.69 Å². The highest BCUT2D eigenvalue weighted by Gasteiger charge is 2.05. The maximum atomic E-state index is 5.30. The Hall–Kier alpha value is -2.29. The first-order chi connectivity index (χ1) is 8.74. The molecular formula is C15H16N2O. The average molecular weight is 240 g/mol. The quantitative estimate of drug-likeness (QED) is 0.826. The Labute approximate surface area is 107 Å². The molecule has 18 heavy (non-hydrogen) atoms. The highest BCUT2D eigenvalue weighted by Crippen LogP contribution is 2.28. The van der Waals surface area contributed by atoms with Gasteiger partial charge in [0.1, 0.15) is 5.75 Å². The molecule has 0 atom stereocenters. The van der Waals surface area contributed by atoms with Crippen LogP contribution in [0.1, 0.15) is 6.92 Å². The number of pyridine rings is 1. The zero-order valence-electron chi connectivity index (χ0n) is 10.6. The summed E-state index contributed by atoms with van der Waals surface area (Å²) in [5, 5.41) is 4.35. The summed E-state index contributed by atoms with van der Waals surface area (Å²) in [5.74, 6) is 0.810. The molecule has 0 aliphatic rings. The Morgan fingerprint density at radius 2 is 2.28 bits per heavy atom. The standard InChI is InChI=1S/C15H16N2O/c1-4-6-11(2)17-14-10-13(18-3)9-12-7-5-8-16-15(12)14/h4-10,17H,1H2,2-3H3/b11-6+. The molecule has 3 heteroatoms. The van der Waals surface area contributed by atoms with Crippen LogP contribution >= 0.6 is 0 Å². The molecule has 0 bridgehead atoms. The molecule has 0 aliphatic heterocycles. The molecule has 0 saturated carbocycles. The summed E-state index contributed by atoms with van der Waals surface area (Å²) >= 11 is 0.